The molecule has 2 aromatic rings. The van der Waals surface area contributed by atoms with Crippen molar-refractivity contribution in [1.82, 2.24) is 0 Å². The van der Waals surface area contributed by atoms with Crippen LogP contribution in [0.4, 0.5) is 0 Å². The summed E-state index contributed by atoms with van der Waals surface area (Å²) in [6.07, 6.45) is 4.91. The molecule has 2 aromatic carbocycles. The van der Waals surface area contributed by atoms with Crippen LogP contribution in [0.25, 0.3) is 11.1 Å². The van der Waals surface area contributed by atoms with Gasteiger partial charge in [0.15, 0.2) is 0 Å². The van der Waals surface area contributed by atoms with Crippen LogP contribution in [0.1, 0.15) is 37.7 Å². The maximum Gasteiger partial charge on any atom is 0.305 e. The van der Waals surface area contributed by atoms with Crippen molar-refractivity contribution in [3.05, 3.63) is 54.1 Å². The van der Waals surface area contributed by atoms with Crippen molar-refractivity contribution in [1.29, 1.82) is 0 Å². The Morgan fingerprint density at radius 2 is 1.54 bits per heavy atom. The SMILES string of the molecule is COC(=O)CCCc1ccc(-c2ccc(OCCCCCO)cc2)cc1. The molecule has 26 heavy (non-hydrogen) atoms. The van der Waals surface area contributed by atoms with E-state index in [-0.39, 0.29) is 12.6 Å². The normalized spacial score (nSPS) is 10.5. The second-order valence-electron chi connectivity index (χ2n) is 6.28. The summed E-state index contributed by atoms with van der Waals surface area (Å²) in [4.78, 5) is 11.1. The molecule has 0 fully saturated rings. The van der Waals surface area contributed by atoms with Gasteiger partial charge in [-0.2, -0.15) is 0 Å². The van der Waals surface area contributed by atoms with Gasteiger partial charge in [-0.15, -0.1) is 0 Å². The van der Waals surface area contributed by atoms with E-state index in [1.165, 1.54) is 12.7 Å². The molecule has 0 aromatic heterocycles. The zero-order chi connectivity index (χ0) is 18.6. The summed E-state index contributed by atoms with van der Waals surface area (Å²) in [5.41, 5.74) is 3.54. The number of methoxy groups -OCH3 is 1. The van der Waals surface area contributed by atoms with Gasteiger partial charge >= 0.3 is 5.97 Å². The van der Waals surface area contributed by atoms with Crippen LogP contribution in [0.3, 0.4) is 0 Å². The Morgan fingerprint density at radius 1 is 0.885 bits per heavy atom. The minimum atomic E-state index is -0.155. The number of esters is 1. The van der Waals surface area contributed by atoms with Gasteiger partial charge in [-0.05, 0) is 60.9 Å². The Balaban J connectivity index is 1.81. The zero-order valence-electron chi connectivity index (χ0n) is 15.4. The maximum absolute atomic E-state index is 11.1. The number of aliphatic hydroxyl groups is 1. The van der Waals surface area contributed by atoms with Gasteiger partial charge < -0.3 is 14.6 Å². The second-order valence-corrected chi connectivity index (χ2v) is 6.28. The van der Waals surface area contributed by atoms with Gasteiger partial charge in [-0.1, -0.05) is 36.4 Å². The van der Waals surface area contributed by atoms with E-state index in [4.69, 9.17) is 9.84 Å². The van der Waals surface area contributed by atoms with Crippen LogP contribution < -0.4 is 4.74 Å². The van der Waals surface area contributed by atoms with Gasteiger partial charge in [0.1, 0.15) is 5.75 Å². The van der Waals surface area contributed by atoms with Gasteiger partial charge in [-0.25, -0.2) is 0 Å². The van der Waals surface area contributed by atoms with Gasteiger partial charge in [0, 0.05) is 13.0 Å². The van der Waals surface area contributed by atoms with E-state index >= 15 is 0 Å². The van der Waals surface area contributed by atoms with Crippen LogP contribution in [-0.2, 0) is 16.0 Å². The van der Waals surface area contributed by atoms with Crippen LogP contribution >= 0.6 is 0 Å². The Morgan fingerprint density at radius 3 is 2.15 bits per heavy atom. The summed E-state index contributed by atoms with van der Waals surface area (Å²) in [5, 5.41) is 8.75. The fourth-order valence-corrected chi connectivity index (χ4v) is 2.73. The maximum atomic E-state index is 11.1. The molecule has 0 saturated heterocycles. The Hall–Kier alpha value is -2.33. The molecule has 0 bridgehead atoms. The molecule has 0 saturated carbocycles. The highest BCUT2D eigenvalue weighted by molar-refractivity contribution is 5.69. The first kappa shape index (κ1) is 20.0. The third-order valence-corrected chi connectivity index (χ3v) is 4.29. The molecule has 2 rings (SSSR count). The van der Waals surface area contributed by atoms with Gasteiger partial charge in [-0.3, -0.25) is 4.79 Å². The molecule has 0 aliphatic carbocycles. The first-order valence-electron chi connectivity index (χ1n) is 9.23. The largest absolute Gasteiger partial charge is 0.494 e. The number of hydrogen-bond donors (Lipinski definition) is 1. The number of hydrogen-bond acceptors (Lipinski definition) is 4. The first-order valence-corrected chi connectivity index (χ1v) is 9.23. The summed E-state index contributed by atoms with van der Waals surface area (Å²) in [6.45, 7) is 0.929. The van der Waals surface area contributed by atoms with E-state index in [0.29, 0.717) is 13.0 Å². The van der Waals surface area contributed by atoms with Gasteiger partial charge in [0.2, 0.25) is 0 Å². The molecular weight excluding hydrogens is 328 g/mol. The van der Waals surface area contributed by atoms with E-state index in [1.807, 2.05) is 12.1 Å². The number of benzene rings is 2. The fraction of sp³-hybridized carbons (Fsp3) is 0.409. The van der Waals surface area contributed by atoms with Gasteiger partial charge in [0.25, 0.3) is 0 Å². The number of unbranched alkanes of at least 4 members (excludes halogenated alkanes) is 2. The molecule has 4 nitrogen and oxygen atoms in total. The third-order valence-electron chi connectivity index (χ3n) is 4.29. The number of aliphatic hydroxyl groups excluding tert-OH is 1. The number of carbonyl (C=O) groups excluding carboxylic acids is 1. The Labute approximate surface area is 155 Å². The lowest BCUT2D eigenvalue weighted by molar-refractivity contribution is -0.140. The lowest BCUT2D eigenvalue weighted by atomic mass is 10.0. The average Bonchev–Trinajstić information content (AvgIpc) is 2.69. The zero-order valence-corrected chi connectivity index (χ0v) is 15.4. The van der Waals surface area contributed by atoms with Crippen LogP contribution in [0.2, 0.25) is 0 Å². The highest BCUT2D eigenvalue weighted by atomic mass is 16.5. The molecule has 0 aliphatic rings. The quantitative estimate of drug-likeness (QED) is 0.479. The number of ether oxygens (including phenoxy) is 2. The molecule has 0 amide bonds. The predicted octanol–water partition coefficient (Wildman–Crippen LogP) is 4.39. The molecule has 0 unspecified atom stereocenters. The summed E-state index contributed by atoms with van der Waals surface area (Å²) >= 11 is 0. The second kappa shape index (κ2) is 11.3. The van der Waals surface area contributed by atoms with E-state index in [9.17, 15) is 4.79 Å². The molecule has 0 spiro atoms. The van der Waals surface area contributed by atoms with E-state index in [0.717, 1.165) is 49.0 Å². The average molecular weight is 356 g/mol. The van der Waals surface area contributed by atoms with E-state index in [1.54, 1.807) is 0 Å². The number of carbonyl (C=O) groups is 1. The molecule has 0 radical (unpaired) electrons. The van der Waals surface area contributed by atoms with E-state index < -0.39 is 0 Å². The van der Waals surface area contributed by atoms with Crippen molar-refractivity contribution in [2.24, 2.45) is 0 Å². The number of rotatable bonds is 11. The molecule has 0 atom stereocenters. The third kappa shape index (κ3) is 6.89. The molecule has 1 N–H and O–H groups in total. The van der Waals surface area contributed by atoms with Gasteiger partial charge in [0.05, 0.1) is 13.7 Å². The molecule has 0 aliphatic heterocycles. The molecular formula is C22H28O4. The van der Waals surface area contributed by atoms with E-state index in [2.05, 4.69) is 41.1 Å². The fourth-order valence-electron chi connectivity index (χ4n) is 2.73. The van der Waals surface area contributed by atoms with Crippen molar-refractivity contribution in [3.63, 3.8) is 0 Å². The van der Waals surface area contributed by atoms with Crippen molar-refractivity contribution in [3.8, 4) is 16.9 Å². The molecule has 4 heteroatoms. The van der Waals surface area contributed by atoms with Crippen LogP contribution in [0.5, 0.6) is 5.75 Å². The van der Waals surface area contributed by atoms with Crippen molar-refractivity contribution in [2.75, 3.05) is 20.3 Å². The Kier molecular flexibility index (Phi) is 8.70. The molecule has 140 valence electrons. The summed E-state index contributed by atoms with van der Waals surface area (Å²) < 4.78 is 10.4. The van der Waals surface area contributed by atoms with Crippen LogP contribution in [-0.4, -0.2) is 31.4 Å². The van der Waals surface area contributed by atoms with Crippen molar-refractivity contribution in [2.45, 2.75) is 38.5 Å². The minimum Gasteiger partial charge on any atom is -0.494 e. The standard InChI is InChI=1S/C22H28O4/c1-25-22(24)7-5-6-18-8-10-19(11-9-18)20-12-14-21(15-13-20)26-17-4-2-3-16-23/h8-15,23H,2-7,16-17H2,1H3. The van der Waals surface area contributed by atoms with Crippen molar-refractivity contribution >= 4 is 5.97 Å². The lowest BCUT2D eigenvalue weighted by Crippen LogP contribution is -2.00. The Bertz CT molecular complexity index is 647. The monoisotopic (exact) mass is 356 g/mol. The predicted molar refractivity (Wildman–Crippen MR) is 103 cm³/mol. The van der Waals surface area contributed by atoms with Crippen LogP contribution in [0.15, 0.2) is 48.5 Å². The minimum absolute atomic E-state index is 0.155. The highest BCUT2D eigenvalue weighted by Crippen LogP contribution is 2.23. The highest BCUT2D eigenvalue weighted by Gasteiger charge is 2.02. The van der Waals surface area contributed by atoms with Crippen LogP contribution in [0, 0.1) is 0 Å². The lowest BCUT2D eigenvalue weighted by Gasteiger charge is -2.08. The summed E-state index contributed by atoms with van der Waals surface area (Å²) in [5.74, 6) is 0.717. The topological polar surface area (TPSA) is 55.8 Å². The molecule has 0 heterocycles. The van der Waals surface area contributed by atoms with Crippen molar-refractivity contribution < 1.29 is 19.4 Å². The summed E-state index contributed by atoms with van der Waals surface area (Å²) in [7, 11) is 1.42. The first-order chi connectivity index (χ1) is 12.7. The summed E-state index contributed by atoms with van der Waals surface area (Å²) in [6, 6.07) is 16.6. The number of aryl methyl sites for hydroxylation is 1. The smallest absolute Gasteiger partial charge is 0.305 e.